The van der Waals surface area contributed by atoms with Gasteiger partial charge in [-0.3, -0.25) is 0 Å². The molecule has 1 aliphatic heterocycles. The van der Waals surface area contributed by atoms with E-state index in [2.05, 4.69) is 10.5 Å². The third-order valence-corrected chi connectivity index (χ3v) is 5.73. The molecule has 1 atom stereocenters. The van der Waals surface area contributed by atoms with Gasteiger partial charge in [0.2, 0.25) is 0 Å². The molecule has 0 bridgehead atoms. The van der Waals surface area contributed by atoms with Crippen LogP contribution in [0.2, 0.25) is 0 Å². The highest BCUT2D eigenvalue weighted by molar-refractivity contribution is 7.91. The fourth-order valence-corrected chi connectivity index (χ4v) is 4.55. The summed E-state index contributed by atoms with van der Waals surface area (Å²) in [5.74, 6) is 1.15. The SMILES string of the molecule is Cc1noc(C)c1-c1ccc(N[C@H]2CCS(=O)(=O)C2)c(N)c1. The van der Waals surface area contributed by atoms with E-state index in [1.165, 1.54) is 0 Å². The quantitative estimate of drug-likeness (QED) is 0.840. The summed E-state index contributed by atoms with van der Waals surface area (Å²) in [5, 5.41) is 7.17. The molecule has 2 aromatic rings. The average molecular weight is 321 g/mol. The lowest BCUT2D eigenvalue weighted by molar-refractivity contribution is 0.393. The lowest BCUT2D eigenvalue weighted by Gasteiger charge is -2.15. The van der Waals surface area contributed by atoms with Gasteiger partial charge in [0.15, 0.2) is 9.84 Å². The zero-order chi connectivity index (χ0) is 15.9. The summed E-state index contributed by atoms with van der Waals surface area (Å²) < 4.78 is 28.2. The maximum Gasteiger partial charge on any atom is 0.152 e. The van der Waals surface area contributed by atoms with E-state index >= 15 is 0 Å². The Balaban J connectivity index is 1.84. The fourth-order valence-electron chi connectivity index (χ4n) is 2.87. The number of anilines is 2. The Morgan fingerprint density at radius 1 is 1.36 bits per heavy atom. The normalized spacial score (nSPS) is 20.2. The van der Waals surface area contributed by atoms with Crippen LogP contribution in [0, 0.1) is 13.8 Å². The highest BCUT2D eigenvalue weighted by Crippen LogP contribution is 2.32. The molecule has 3 rings (SSSR count). The minimum atomic E-state index is -2.91. The topological polar surface area (TPSA) is 98.2 Å². The number of hydrogen-bond acceptors (Lipinski definition) is 6. The van der Waals surface area contributed by atoms with Crippen molar-refractivity contribution < 1.29 is 12.9 Å². The Labute approximate surface area is 129 Å². The number of nitrogens with two attached hydrogens (primary N) is 1. The molecule has 1 aromatic heterocycles. The molecule has 1 aromatic carbocycles. The number of nitrogens with one attached hydrogen (secondary N) is 1. The fraction of sp³-hybridized carbons (Fsp3) is 0.400. The lowest BCUT2D eigenvalue weighted by Crippen LogP contribution is -2.21. The summed E-state index contributed by atoms with van der Waals surface area (Å²) in [6, 6.07) is 5.60. The van der Waals surface area contributed by atoms with Crippen molar-refractivity contribution in [3.63, 3.8) is 0 Å². The Bertz CT molecular complexity index is 792. The summed E-state index contributed by atoms with van der Waals surface area (Å²) in [5.41, 5.74) is 10.2. The lowest BCUT2D eigenvalue weighted by atomic mass is 10.0. The summed E-state index contributed by atoms with van der Waals surface area (Å²) >= 11 is 0. The highest BCUT2D eigenvalue weighted by atomic mass is 32.2. The molecule has 6 nitrogen and oxygen atoms in total. The monoisotopic (exact) mass is 321 g/mol. The van der Waals surface area contributed by atoms with E-state index in [1.807, 2.05) is 32.0 Å². The summed E-state index contributed by atoms with van der Waals surface area (Å²) in [4.78, 5) is 0. The van der Waals surface area contributed by atoms with Gasteiger partial charge in [-0.15, -0.1) is 0 Å². The van der Waals surface area contributed by atoms with Crippen LogP contribution < -0.4 is 11.1 Å². The number of benzene rings is 1. The van der Waals surface area contributed by atoms with Gasteiger partial charge in [0.1, 0.15) is 5.76 Å². The van der Waals surface area contributed by atoms with E-state index in [4.69, 9.17) is 10.3 Å². The number of hydrogen-bond donors (Lipinski definition) is 2. The summed E-state index contributed by atoms with van der Waals surface area (Å²) in [6.07, 6.45) is 0.618. The first kappa shape index (κ1) is 14.9. The molecule has 0 aliphatic carbocycles. The largest absolute Gasteiger partial charge is 0.397 e. The number of rotatable bonds is 3. The van der Waals surface area contributed by atoms with Crippen LogP contribution in [0.15, 0.2) is 22.7 Å². The average Bonchev–Trinajstić information content (AvgIpc) is 2.95. The Hall–Kier alpha value is -2.02. The Kier molecular flexibility index (Phi) is 3.60. The predicted molar refractivity (Wildman–Crippen MR) is 86.5 cm³/mol. The van der Waals surface area contributed by atoms with Gasteiger partial charge in [-0.1, -0.05) is 11.2 Å². The summed E-state index contributed by atoms with van der Waals surface area (Å²) in [6.45, 7) is 3.75. The minimum absolute atomic E-state index is 0.0720. The third kappa shape index (κ3) is 2.81. The molecule has 0 amide bonds. The van der Waals surface area contributed by atoms with Gasteiger partial charge >= 0.3 is 0 Å². The smallest absolute Gasteiger partial charge is 0.152 e. The van der Waals surface area contributed by atoms with E-state index in [0.29, 0.717) is 12.1 Å². The maximum atomic E-state index is 11.5. The Morgan fingerprint density at radius 3 is 2.68 bits per heavy atom. The number of nitrogens with zero attached hydrogens (tertiary/aromatic N) is 1. The van der Waals surface area contributed by atoms with Crippen molar-refractivity contribution >= 4 is 21.2 Å². The molecular weight excluding hydrogens is 302 g/mol. The first-order valence-corrected chi connectivity index (χ1v) is 8.97. The number of sulfone groups is 1. The molecule has 1 aliphatic rings. The van der Waals surface area contributed by atoms with Crippen molar-refractivity contribution in [1.82, 2.24) is 5.16 Å². The molecule has 1 saturated heterocycles. The molecule has 7 heteroatoms. The number of nitrogen functional groups attached to an aromatic ring is 1. The van der Waals surface area contributed by atoms with Crippen molar-refractivity contribution in [2.45, 2.75) is 26.3 Å². The van der Waals surface area contributed by atoms with Gasteiger partial charge in [0.25, 0.3) is 0 Å². The predicted octanol–water partition coefficient (Wildman–Crippen LogP) is 2.14. The van der Waals surface area contributed by atoms with E-state index in [9.17, 15) is 8.42 Å². The van der Waals surface area contributed by atoms with E-state index in [0.717, 1.165) is 28.3 Å². The number of aryl methyl sites for hydroxylation is 2. The summed E-state index contributed by atoms with van der Waals surface area (Å²) in [7, 11) is -2.91. The zero-order valence-electron chi connectivity index (χ0n) is 12.6. The van der Waals surface area contributed by atoms with Gasteiger partial charge in [0.05, 0.1) is 28.6 Å². The van der Waals surface area contributed by atoms with Crippen LogP contribution in [0.5, 0.6) is 0 Å². The highest BCUT2D eigenvalue weighted by Gasteiger charge is 2.28. The molecule has 22 heavy (non-hydrogen) atoms. The van der Waals surface area contributed by atoms with Crippen molar-refractivity contribution in [1.29, 1.82) is 0 Å². The molecule has 0 saturated carbocycles. The molecule has 118 valence electrons. The van der Waals surface area contributed by atoms with Crippen LogP contribution in [0.1, 0.15) is 17.9 Å². The van der Waals surface area contributed by atoms with Crippen LogP contribution in [0.3, 0.4) is 0 Å². The Morgan fingerprint density at radius 2 is 2.14 bits per heavy atom. The van der Waals surface area contributed by atoms with Crippen LogP contribution >= 0.6 is 0 Å². The van der Waals surface area contributed by atoms with Crippen LogP contribution in [0.4, 0.5) is 11.4 Å². The van der Waals surface area contributed by atoms with Crippen molar-refractivity contribution in [2.75, 3.05) is 22.6 Å². The van der Waals surface area contributed by atoms with Crippen molar-refractivity contribution in [3.8, 4) is 11.1 Å². The van der Waals surface area contributed by atoms with E-state index < -0.39 is 9.84 Å². The van der Waals surface area contributed by atoms with Gasteiger partial charge < -0.3 is 15.6 Å². The van der Waals surface area contributed by atoms with Gasteiger partial charge in [0, 0.05) is 11.6 Å². The molecule has 0 unspecified atom stereocenters. The standard InChI is InChI=1S/C15H19N3O3S/c1-9-15(10(2)21-18-9)11-3-4-14(13(16)7-11)17-12-5-6-22(19,20)8-12/h3-4,7,12,17H,5-6,8,16H2,1-2H3/t12-/m0/s1. The number of aromatic nitrogens is 1. The van der Waals surface area contributed by atoms with Crippen molar-refractivity contribution in [2.24, 2.45) is 0 Å². The first-order valence-electron chi connectivity index (χ1n) is 7.15. The van der Waals surface area contributed by atoms with E-state index in [1.54, 1.807) is 0 Å². The molecule has 1 fully saturated rings. The first-order chi connectivity index (χ1) is 10.4. The second-order valence-corrected chi connectivity index (χ2v) is 7.97. The third-order valence-electron chi connectivity index (χ3n) is 3.97. The van der Waals surface area contributed by atoms with E-state index in [-0.39, 0.29) is 17.5 Å². The van der Waals surface area contributed by atoms with Gasteiger partial charge in [-0.25, -0.2) is 8.42 Å². The maximum absolute atomic E-state index is 11.5. The van der Waals surface area contributed by atoms with Crippen LogP contribution in [-0.2, 0) is 9.84 Å². The molecular formula is C15H19N3O3S. The van der Waals surface area contributed by atoms with Crippen molar-refractivity contribution in [3.05, 3.63) is 29.7 Å². The van der Waals surface area contributed by atoms with Crippen LogP contribution in [-0.4, -0.2) is 31.1 Å². The van der Waals surface area contributed by atoms with Gasteiger partial charge in [-0.2, -0.15) is 0 Å². The molecule has 2 heterocycles. The van der Waals surface area contributed by atoms with Crippen LogP contribution in [0.25, 0.3) is 11.1 Å². The van der Waals surface area contributed by atoms with Gasteiger partial charge in [-0.05, 0) is 38.0 Å². The minimum Gasteiger partial charge on any atom is -0.397 e. The second kappa shape index (κ2) is 5.31. The second-order valence-electron chi connectivity index (χ2n) is 5.75. The molecule has 0 radical (unpaired) electrons. The zero-order valence-corrected chi connectivity index (χ0v) is 13.4. The molecule has 3 N–H and O–H groups in total. The molecule has 0 spiro atoms.